The lowest BCUT2D eigenvalue weighted by molar-refractivity contribution is -0.134. The van der Waals surface area contributed by atoms with Crippen LogP contribution in [0.1, 0.15) is 25.3 Å². The van der Waals surface area contributed by atoms with Crippen molar-refractivity contribution in [3.8, 4) is 0 Å². The molecule has 104 valence electrons. The van der Waals surface area contributed by atoms with Crippen LogP contribution in [0.3, 0.4) is 0 Å². The number of carbonyl (C=O) groups is 1. The zero-order valence-electron chi connectivity index (χ0n) is 11.8. The lowest BCUT2D eigenvalue weighted by atomic mass is 9.99. The summed E-state index contributed by atoms with van der Waals surface area (Å²) in [6.07, 6.45) is 0. The van der Waals surface area contributed by atoms with Gasteiger partial charge in [0, 0.05) is 31.9 Å². The number of para-hydroxylation sites is 1. The predicted molar refractivity (Wildman–Crippen MR) is 76.4 cm³/mol. The molecule has 1 unspecified atom stereocenters. The van der Waals surface area contributed by atoms with E-state index in [0.29, 0.717) is 19.7 Å². The van der Waals surface area contributed by atoms with Crippen LogP contribution < -0.4 is 5.32 Å². The van der Waals surface area contributed by atoms with Crippen molar-refractivity contribution >= 4 is 11.6 Å². The van der Waals surface area contributed by atoms with Crippen molar-refractivity contribution in [3.05, 3.63) is 29.8 Å². The van der Waals surface area contributed by atoms with Gasteiger partial charge >= 0.3 is 0 Å². The first-order valence-corrected chi connectivity index (χ1v) is 6.77. The minimum Gasteiger partial charge on any atom is -0.384 e. The SMILES string of the molecule is COCCN(C(=O)C1CNc2ccccc21)C(C)C. The van der Waals surface area contributed by atoms with Crippen molar-refractivity contribution in [1.82, 2.24) is 4.90 Å². The third-order valence-electron chi connectivity index (χ3n) is 3.57. The highest BCUT2D eigenvalue weighted by atomic mass is 16.5. The number of nitrogens with zero attached hydrogens (tertiary/aromatic N) is 1. The summed E-state index contributed by atoms with van der Waals surface area (Å²) in [6, 6.07) is 8.23. The van der Waals surface area contributed by atoms with E-state index in [-0.39, 0.29) is 17.9 Å². The first kappa shape index (κ1) is 13.9. The first-order valence-electron chi connectivity index (χ1n) is 6.77. The van der Waals surface area contributed by atoms with Crippen molar-refractivity contribution in [2.75, 3.05) is 32.1 Å². The number of ether oxygens (including phenoxy) is 1. The van der Waals surface area contributed by atoms with Crippen LogP contribution in [0.2, 0.25) is 0 Å². The topological polar surface area (TPSA) is 41.6 Å². The predicted octanol–water partition coefficient (Wildman–Crippen LogP) is 2.08. The standard InChI is InChI=1S/C15H22N2O2/c1-11(2)17(8-9-19-3)15(18)13-10-16-14-7-5-4-6-12(13)14/h4-7,11,13,16H,8-10H2,1-3H3. The Hall–Kier alpha value is -1.55. The minimum atomic E-state index is -0.0737. The zero-order valence-corrected chi connectivity index (χ0v) is 11.8. The second-order valence-electron chi connectivity index (χ2n) is 5.14. The molecule has 1 N–H and O–H groups in total. The Kier molecular flexibility index (Phi) is 4.43. The highest BCUT2D eigenvalue weighted by Crippen LogP contribution is 2.32. The number of anilines is 1. The molecule has 1 aliphatic rings. The van der Waals surface area contributed by atoms with Crippen molar-refractivity contribution in [2.24, 2.45) is 0 Å². The summed E-state index contributed by atoms with van der Waals surface area (Å²) in [5, 5.41) is 3.30. The molecule has 0 aromatic heterocycles. The van der Waals surface area contributed by atoms with Crippen LogP contribution in [0.4, 0.5) is 5.69 Å². The van der Waals surface area contributed by atoms with Crippen LogP contribution in [0.25, 0.3) is 0 Å². The molecule has 0 saturated heterocycles. The average molecular weight is 262 g/mol. The number of fused-ring (bicyclic) bond motifs is 1. The van der Waals surface area contributed by atoms with Crippen LogP contribution in [0.15, 0.2) is 24.3 Å². The van der Waals surface area contributed by atoms with E-state index in [9.17, 15) is 4.79 Å². The molecular weight excluding hydrogens is 240 g/mol. The molecule has 0 radical (unpaired) electrons. The van der Waals surface area contributed by atoms with Gasteiger partial charge in [-0.3, -0.25) is 4.79 Å². The Morgan fingerprint density at radius 1 is 1.47 bits per heavy atom. The number of carbonyl (C=O) groups excluding carboxylic acids is 1. The van der Waals surface area contributed by atoms with Crippen LogP contribution >= 0.6 is 0 Å². The lowest BCUT2D eigenvalue weighted by Crippen LogP contribution is -2.42. The molecule has 4 heteroatoms. The molecule has 0 bridgehead atoms. The molecule has 1 heterocycles. The zero-order chi connectivity index (χ0) is 13.8. The summed E-state index contributed by atoms with van der Waals surface area (Å²) >= 11 is 0. The van der Waals surface area contributed by atoms with E-state index in [1.165, 1.54) is 0 Å². The van der Waals surface area contributed by atoms with Gasteiger partial charge in [0.2, 0.25) is 5.91 Å². The van der Waals surface area contributed by atoms with Gasteiger partial charge in [-0.15, -0.1) is 0 Å². The van der Waals surface area contributed by atoms with Crippen molar-refractivity contribution < 1.29 is 9.53 Å². The van der Waals surface area contributed by atoms with Crippen molar-refractivity contribution in [1.29, 1.82) is 0 Å². The van der Waals surface area contributed by atoms with E-state index in [0.717, 1.165) is 11.3 Å². The minimum absolute atomic E-state index is 0.0737. The third-order valence-corrected chi connectivity index (χ3v) is 3.57. The molecule has 0 aliphatic carbocycles. The van der Waals surface area contributed by atoms with Gasteiger partial charge in [0.05, 0.1) is 12.5 Å². The maximum Gasteiger partial charge on any atom is 0.232 e. The van der Waals surface area contributed by atoms with E-state index < -0.39 is 0 Å². The van der Waals surface area contributed by atoms with Gasteiger partial charge in [-0.25, -0.2) is 0 Å². The third kappa shape index (κ3) is 2.89. The fraction of sp³-hybridized carbons (Fsp3) is 0.533. The fourth-order valence-corrected chi connectivity index (χ4v) is 2.52. The van der Waals surface area contributed by atoms with E-state index in [2.05, 4.69) is 5.32 Å². The Morgan fingerprint density at radius 3 is 2.89 bits per heavy atom. The highest BCUT2D eigenvalue weighted by molar-refractivity contribution is 5.88. The maximum atomic E-state index is 12.7. The summed E-state index contributed by atoms with van der Waals surface area (Å²) in [4.78, 5) is 14.6. The van der Waals surface area contributed by atoms with Gasteiger partial charge in [-0.1, -0.05) is 18.2 Å². The highest BCUT2D eigenvalue weighted by Gasteiger charge is 2.32. The molecule has 1 atom stereocenters. The lowest BCUT2D eigenvalue weighted by Gasteiger charge is -2.29. The smallest absolute Gasteiger partial charge is 0.232 e. The van der Waals surface area contributed by atoms with Gasteiger partial charge in [0.15, 0.2) is 0 Å². The fourth-order valence-electron chi connectivity index (χ4n) is 2.52. The average Bonchev–Trinajstić information content (AvgIpc) is 2.82. The molecule has 0 spiro atoms. The molecule has 0 fully saturated rings. The van der Waals surface area contributed by atoms with Crippen LogP contribution in [0, 0.1) is 0 Å². The second kappa shape index (κ2) is 6.06. The van der Waals surface area contributed by atoms with Crippen molar-refractivity contribution in [3.63, 3.8) is 0 Å². The van der Waals surface area contributed by atoms with Gasteiger partial charge in [0.25, 0.3) is 0 Å². The van der Waals surface area contributed by atoms with E-state index >= 15 is 0 Å². The number of amides is 1. The summed E-state index contributed by atoms with van der Waals surface area (Å²) < 4.78 is 5.10. The van der Waals surface area contributed by atoms with Gasteiger partial charge in [0.1, 0.15) is 0 Å². The number of rotatable bonds is 5. The Morgan fingerprint density at radius 2 is 2.21 bits per heavy atom. The molecular formula is C15H22N2O2. The second-order valence-corrected chi connectivity index (χ2v) is 5.14. The summed E-state index contributed by atoms with van der Waals surface area (Å²) in [5.41, 5.74) is 2.19. The molecule has 19 heavy (non-hydrogen) atoms. The molecule has 1 aromatic carbocycles. The summed E-state index contributed by atoms with van der Waals surface area (Å²) in [6.45, 7) is 6.00. The van der Waals surface area contributed by atoms with Gasteiger partial charge in [-0.05, 0) is 25.5 Å². The van der Waals surface area contributed by atoms with E-state index in [4.69, 9.17) is 4.74 Å². The van der Waals surface area contributed by atoms with Gasteiger partial charge < -0.3 is 15.0 Å². The number of methoxy groups -OCH3 is 1. The molecule has 1 aromatic rings. The number of benzene rings is 1. The summed E-state index contributed by atoms with van der Waals surface area (Å²) in [7, 11) is 1.66. The Balaban J connectivity index is 2.15. The number of hydrogen-bond donors (Lipinski definition) is 1. The molecule has 0 saturated carbocycles. The first-order chi connectivity index (χ1) is 9.15. The monoisotopic (exact) mass is 262 g/mol. The largest absolute Gasteiger partial charge is 0.384 e. The van der Waals surface area contributed by atoms with Crippen LogP contribution in [0.5, 0.6) is 0 Å². The normalized spacial score (nSPS) is 17.2. The van der Waals surface area contributed by atoms with Gasteiger partial charge in [-0.2, -0.15) is 0 Å². The summed E-state index contributed by atoms with van der Waals surface area (Å²) in [5.74, 6) is 0.111. The molecule has 1 amide bonds. The Bertz CT molecular complexity index is 446. The van der Waals surface area contributed by atoms with Crippen LogP contribution in [-0.2, 0) is 9.53 Å². The number of hydrogen-bond acceptors (Lipinski definition) is 3. The quantitative estimate of drug-likeness (QED) is 0.883. The molecule has 4 nitrogen and oxygen atoms in total. The number of nitrogens with one attached hydrogen (secondary N) is 1. The molecule has 1 aliphatic heterocycles. The maximum absolute atomic E-state index is 12.7. The van der Waals surface area contributed by atoms with Crippen LogP contribution in [-0.4, -0.2) is 43.7 Å². The Labute approximate surface area is 114 Å². The van der Waals surface area contributed by atoms with E-state index in [1.807, 2.05) is 43.0 Å². The molecule has 2 rings (SSSR count). The van der Waals surface area contributed by atoms with Crippen molar-refractivity contribution in [2.45, 2.75) is 25.8 Å². The van der Waals surface area contributed by atoms with E-state index in [1.54, 1.807) is 7.11 Å².